The Hall–Kier alpha value is -1.77. The molecule has 16 heavy (non-hydrogen) atoms. The van der Waals surface area contributed by atoms with Crippen molar-refractivity contribution >= 4 is 6.03 Å². The molecule has 3 nitrogen and oxygen atoms in total. The summed E-state index contributed by atoms with van der Waals surface area (Å²) in [5.74, 6) is 0. The minimum Gasteiger partial charge on any atom is -0.341 e. The maximum absolute atomic E-state index is 10.9. The molecule has 88 valence electrons. The van der Waals surface area contributed by atoms with Crippen LogP contribution in [0.5, 0.6) is 0 Å². The third kappa shape index (κ3) is 4.64. The molecule has 2 N–H and O–H groups in total. The first-order chi connectivity index (χ1) is 7.63. The molecule has 0 atom stereocenters. The second-order valence-corrected chi connectivity index (χ2v) is 3.35. The van der Waals surface area contributed by atoms with E-state index in [1.807, 2.05) is 6.07 Å². The fraction of sp³-hybridized carbons (Fsp3) is 0.308. The lowest BCUT2D eigenvalue weighted by Gasteiger charge is -2.06. The van der Waals surface area contributed by atoms with Gasteiger partial charge in [-0.15, -0.1) is 13.2 Å². The highest BCUT2D eigenvalue weighted by Gasteiger charge is 1.98. The zero-order valence-corrected chi connectivity index (χ0v) is 10.3. The van der Waals surface area contributed by atoms with Crippen molar-refractivity contribution in [3.63, 3.8) is 0 Å². The second-order valence-electron chi connectivity index (χ2n) is 3.35. The van der Waals surface area contributed by atoms with Crippen LogP contribution in [0.1, 0.15) is 16.7 Å². The fourth-order valence-corrected chi connectivity index (χ4v) is 1.18. The molecular weight excluding hydrogens is 200 g/mol. The number of urea groups is 1. The second kappa shape index (κ2) is 7.51. The molecule has 0 unspecified atom stereocenters. The van der Waals surface area contributed by atoms with Gasteiger partial charge in [-0.05, 0) is 30.5 Å². The summed E-state index contributed by atoms with van der Waals surface area (Å²) >= 11 is 0. The molecule has 0 fully saturated rings. The number of hydrogen-bond acceptors (Lipinski definition) is 1. The zero-order chi connectivity index (χ0) is 12.6. The van der Waals surface area contributed by atoms with Gasteiger partial charge in [-0.2, -0.15) is 0 Å². The lowest BCUT2D eigenvalue weighted by atomic mass is 10.1. The SMILES string of the molecule is C=C.CNC(=O)NCc1ccc(C)c(C)c1. The van der Waals surface area contributed by atoms with Crippen LogP contribution in [0.4, 0.5) is 4.79 Å². The largest absolute Gasteiger partial charge is 0.341 e. The van der Waals surface area contributed by atoms with E-state index in [1.165, 1.54) is 11.1 Å². The third-order valence-corrected chi connectivity index (χ3v) is 2.25. The number of aryl methyl sites for hydroxylation is 2. The summed E-state index contributed by atoms with van der Waals surface area (Å²) in [4.78, 5) is 10.9. The molecule has 0 aliphatic heterocycles. The van der Waals surface area contributed by atoms with Crippen LogP contribution in [0, 0.1) is 13.8 Å². The van der Waals surface area contributed by atoms with E-state index in [2.05, 4.69) is 49.8 Å². The van der Waals surface area contributed by atoms with Crippen LogP contribution in [-0.2, 0) is 6.54 Å². The molecular formula is C13H20N2O. The predicted octanol–water partition coefficient (Wildman–Crippen LogP) is 2.53. The van der Waals surface area contributed by atoms with E-state index in [1.54, 1.807) is 7.05 Å². The number of nitrogens with one attached hydrogen (secondary N) is 2. The third-order valence-electron chi connectivity index (χ3n) is 2.25. The summed E-state index contributed by atoms with van der Waals surface area (Å²) in [6.07, 6.45) is 0. The molecule has 0 saturated carbocycles. The van der Waals surface area contributed by atoms with Crippen molar-refractivity contribution < 1.29 is 4.79 Å². The number of benzene rings is 1. The molecule has 0 aliphatic carbocycles. The molecule has 0 spiro atoms. The first kappa shape index (κ1) is 14.2. The van der Waals surface area contributed by atoms with Crippen LogP contribution >= 0.6 is 0 Å². The van der Waals surface area contributed by atoms with Gasteiger partial charge in [0.2, 0.25) is 0 Å². The molecule has 3 heteroatoms. The van der Waals surface area contributed by atoms with Crippen molar-refractivity contribution in [3.05, 3.63) is 48.0 Å². The van der Waals surface area contributed by atoms with E-state index < -0.39 is 0 Å². The van der Waals surface area contributed by atoms with E-state index in [-0.39, 0.29) is 6.03 Å². The van der Waals surface area contributed by atoms with Gasteiger partial charge in [0.25, 0.3) is 0 Å². The van der Waals surface area contributed by atoms with Gasteiger partial charge < -0.3 is 10.6 Å². The van der Waals surface area contributed by atoms with Crippen LogP contribution in [0.2, 0.25) is 0 Å². The van der Waals surface area contributed by atoms with Gasteiger partial charge in [-0.1, -0.05) is 18.2 Å². The van der Waals surface area contributed by atoms with Crippen LogP contribution < -0.4 is 10.6 Å². The number of amides is 2. The molecule has 0 aromatic heterocycles. The van der Waals surface area contributed by atoms with Crippen molar-refractivity contribution in [1.82, 2.24) is 10.6 Å². The quantitative estimate of drug-likeness (QED) is 0.739. The van der Waals surface area contributed by atoms with Crippen molar-refractivity contribution in [2.75, 3.05) is 7.05 Å². The fourth-order valence-electron chi connectivity index (χ4n) is 1.18. The van der Waals surface area contributed by atoms with Gasteiger partial charge in [0.05, 0.1) is 0 Å². The number of rotatable bonds is 2. The molecule has 0 heterocycles. The average molecular weight is 220 g/mol. The number of hydrogen-bond donors (Lipinski definition) is 2. The summed E-state index contributed by atoms with van der Waals surface area (Å²) in [6.45, 7) is 10.7. The first-order valence-corrected chi connectivity index (χ1v) is 5.15. The normalized spacial score (nSPS) is 8.69. The Bertz CT molecular complexity index is 348. The Kier molecular flexibility index (Phi) is 6.68. The van der Waals surface area contributed by atoms with Crippen molar-refractivity contribution in [1.29, 1.82) is 0 Å². The maximum atomic E-state index is 10.9. The molecule has 1 aromatic rings. The van der Waals surface area contributed by atoms with E-state index in [9.17, 15) is 4.79 Å². The number of carbonyl (C=O) groups excluding carboxylic acids is 1. The van der Waals surface area contributed by atoms with Gasteiger partial charge in [-0.3, -0.25) is 0 Å². The predicted molar refractivity (Wildman–Crippen MR) is 68.5 cm³/mol. The minimum absolute atomic E-state index is 0.150. The van der Waals surface area contributed by atoms with E-state index in [0.717, 1.165) is 5.56 Å². The maximum Gasteiger partial charge on any atom is 0.314 e. The van der Waals surface area contributed by atoms with Crippen molar-refractivity contribution in [2.45, 2.75) is 20.4 Å². The van der Waals surface area contributed by atoms with Gasteiger partial charge in [-0.25, -0.2) is 4.79 Å². The summed E-state index contributed by atoms with van der Waals surface area (Å²) in [5.41, 5.74) is 3.64. The summed E-state index contributed by atoms with van der Waals surface area (Å²) < 4.78 is 0. The van der Waals surface area contributed by atoms with Crippen LogP contribution in [0.3, 0.4) is 0 Å². The van der Waals surface area contributed by atoms with Crippen LogP contribution in [0.15, 0.2) is 31.4 Å². The Balaban J connectivity index is 0.00000106. The Morgan fingerprint density at radius 3 is 2.38 bits per heavy atom. The zero-order valence-electron chi connectivity index (χ0n) is 10.3. The van der Waals surface area contributed by atoms with E-state index in [4.69, 9.17) is 0 Å². The standard InChI is InChI=1S/C11H16N2O.C2H4/c1-8-4-5-10(6-9(8)2)7-13-11(14)12-3;1-2/h4-6H,7H2,1-3H3,(H2,12,13,14);1-2H2. The van der Waals surface area contributed by atoms with E-state index in [0.29, 0.717) is 6.54 Å². The van der Waals surface area contributed by atoms with E-state index >= 15 is 0 Å². The monoisotopic (exact) mass is 220 g/mol. The smallest absolute Gasteiger partial charge is 0.314 e. The highest BCUT2D eigenvalue weighted by Crippen LogP contribution is 2.09. The number of carbonyl (C=O) groups is 1. The van der Waals surface area contributed by atoms with Gasteiger partial charge in [0.1, 0.15) is 0 Å². The Morgan fingerprint density at radius 2 is 1.88 bits per heavy atom. The molecule has 0 bridgehead atoms. The molecule has 0 aliphatic rings. The van der Waals surface area contributed by atoms with Crippen molar-refractivity contribution in [3.8, 4) is 0 Å². The molecule has 2 amide bonds. The Morgan fingerprint density at radius 1 is 1.25 bits per heavy atom. The Labute approximate surface area is 97.6 Å². The van der Waals surface area contributed by atoms with Crippen LogP contribution in [-0.4, -0.2) is 13.1 Å². The molecule has 0 saturated heterocycles. The van der Waals surface area contributed by atoms with Gasteiger partial charge in [0, 0.05) is 13.6 Å². The summed E-state index contributed by atoms with van der Waals surface area (Å²) in [7, 11) is 1.61. The minimum atomic E-state index is -0.150. The summed E-state index contributed by atoms with van der Waals surface area (Å²) in [5, 5.41) is 5.26. The van der Waals surface area contributed by atoms with Gasteiger partial charge in [0.15, 0.2) is 0 Å². The highest BCUT2D eigenvalue weighted by atomic mass is 16.2. The van der Waals surface area contributed by atoms with Crippen LogP contribution in [0.25, 0.3) is 0 Å². The lowest BCUT2D eigenvalue weighted by molar-refractivity contribution is 0.242. The molecule has 0 radical (unpaired) electrons. The highest BCUT2D eigenvalue weighted by molar-refractivity contribution is 5.73. The summed E-state index contributed by atoms with van der Waals surface area (Å²) in [6, 6.07) is 6.03. The topological polar surface area (TPSA) is 41.1 Å². The molecule has 1 rings (SSSR count). The molecule has 1 aromatic carbocycles. The first-order valence-electron chi connectivity index (χ1n) is 5.15. The van der Waals surface area contributed by atoms with Gasteiger partial charge >= 0.3 is 6.03 Å². The lowest BCUT2D eigenvalue weighted by Crippen LogP contribution is -2.32. The average Bonchev–Trinajstić information content (AvgIpc) is 2.33. The van der Waals surface area contributed by atoms with Crippen molar-refractivity contribution in [2.24, 2.45) is 0 Å².